The highest BCUT2D eigenvalue weighted by Gasteiger charge is 2.23. The van der Waals surface area contributed by atoms with Crippen LogP contribution in [0.2, 0.25) is 5.02 Å². The Hall–Kier alpha value is -1.13. The molecule has 1 aliphatic rings. The van der Waals surface area contributed by atoms with Crippen LogP contribution in [0.5, 0.6) is 0 Å². The van der Waals surface area contributed by atoms with Gasteiger partial charge in [0.15, 0.2) is 0 Å². The van der Waals surface area contributed by atoms with E-state index in [1.165, 1.54) is 10.6 Å². The second kappa shape index (κ2) is 6.10. The predicted molar refractivity (Wildman–Crippen MR) is 77.9 cm³/mol. The molecular weight excluding hydrogens is 298 g/mol. The zero-order chi connectivity index (χ0) is 14.8. The first kappa shape index (κ1) is 15.3. The second-order valence-corrected chi connectivity index (χ2v) is 7.25. The fraction of sp³-hybridized carbons (Fsp3) is 0.462. The smallest absolute Gasteiger partial charge is 0.211 e. The summed E-state index contributed by atoms with van der Waals surface area (Å²) < 4.78 is 24.4. The summed E-state index contributed by atoms with van der Waals surface area (Å²) in [6.45, 7) is 3.05. The van der Waals surface area contributed by atoms with Gasteiger partial charge in [-0.25, -0.2) is 8.42 Å². The molecule has 0 atom stereocenters. The Labute approximate surface area is 124 Å². The molecule has 0 saturated carbocycles. The lowest BCUT2D eigenvalue weighted by molar-refractivity contribution is 0.182. The van der Waals surface area contributed by atoms with Crippen molar-refractivity contribution in [2.75, 3.05) is 32.4 Å². The standard InChI is InChI=1S/C13H16ClN3O2S/c1-20(18,19)17-6-4-16(5-7-17)10-12-3-2-11(9-15)8-13(12)14/h2-3,8H,4-7,10H2,1H3. The number of hydrogen-bond donors (Lipinski definition) is 0. The van der Waals surface area contributed by atoms with Gasteiger partial charge in [-0.3, -0.25) is 4.90 Å². The van der Waals surface area contributed by atoms with Crippen LogP contribution in [0, 0.1) is 11.3 Å². The van der Waals surface area contributed by atoms with E-state index in [4.69, 9.17) is 16.9 Å². The molecule has 1 aromatic rings. The van der Waals surface area contributed by atoms with Crippen molar-refractivity contribution >= 4 is 21.6 Å². The van der Waals surface area contributed by atoms with Crippen LogP contribution in [0.25, 0.3) is 0 Å². The lowest BCUT2D eigenvalue weighted by atomic mass is 10.1. The van der Waals surface area contributed by atoms with E-state index in [1.807, 2.05) is 12.1 Å². The Bertz CT molecular complexity index is 632. The fourth-order valence-electron chi connectivity index (χ4n) is 2.21. The van der Waals surface area contributed by atoms with Crippen molar-refractivity contribution in [2.24, 2.45) is 0 Å². The Morgan fingerprint density at radius 1 is 1.30 bits per heavy atom. The first-order valence-corrected chi connectivity index (χ1v) is 8.49. The molecule has 2 rings (SSSR count). The summed E-state index contributed by atoms with van der Waals surface area (Å²) >= 11 is 6.14. The van der Waals surface area contributed by atoms with E-state index in [0.29, 0.717) is 43.3 Å². The lowest BCUT2D eigenvalue weighted by Gasteiger charge is -2.33. The van der Waals surface area contributed by atoms with Gasteiger partial charge in [0.2, 0.25) is 10.0 Å². The normalized spacial score (nSPS) is 17.9. The summed E-state index contributed by atoms with van der Waals surface area (Å²) in [7, 11) is -3.09. The van der Waals surface area contributed by atoms with Crippen LogP contribution in [0.4, 0.5) is 0 Å². The number of rotatable bonds is 3. The van der Waals surface area contributed by atoms with Gasteiger partial charge in [0.1, 0.15) is 0 Å². The molecule has 7 heteroatoms. The van der Waals surface area contributed by atoms with Crippen molar-refractivity contribution in [3.05, 3.63) is 34.3 Å². The van der Waals surface area contributed by atoms with Crippen molar-refractivity contribution in [1.29, 1.82) is 5.26 Å². The molecule has 1 aliphatic heterocycles. The van der Waals surface area contributed by atoms with Crippen LogP contribution in [0.1, 0.15) is 11.1 Å². The van der Waals surface area contributed by atoms with Crippen LogP contribution in [-0.2, 0) is 16.6 Å². The van der Waals surface area contributed by atoms with Gasteiger partial charge in [-0.2, -0.15) is 9.57 Å². The van der Waals surface area contributed by atoms with E-state index in [0.717, 1.165) is 5.56 Å². The molecule has 20 heavy (non-hydrogen) atoms. The summed E-state index contributed by atoms with van der Waals surface area (Å²) in [6.07, 6.45) is 1.24. The third kappa shape index (κ3) is 3.70. The predicted octanol–water partition coefficient (Wildman–Crippen LogP) is 1.29. The van der Waals surface area contributed by atoms with Crippen molar-refractivity contribution < 1.29 is 8.42 Å². The minimum Gasteiger partial charge on any atom is -0.296 e. The largest absolute Gasteiger partial charge is 0.296 e. The highest BCUT2D eigenvalue weighted by atomic mass is 35.5. The van der Waals surface area contributed by atoms with Crippen LogP contribution in [0.15, 0.2) is 18.2 Å². The van der Waals surface area contributed by atoms with E-state index < -0.39 is 10.0 Å². The Morgan fingerprint density at radius 2 is 1.95 bits per heavy atom. The molecule has 5 nitrogen and oxygen atoms in total. The fourth-order valence-corrected chi connectivity index (χ4v) is 3.27. The number of halogens is 1. The van der Waals surface area contributed by atoms with Crippen LogP contribution in [0.3, 0.4) is 0 Å². The minimum absolute atomic E-state index is 0.507. The summed E-state index contributed by atoms with van der Waals surface area (Å²) in [4.78, 5) is 2.16. The van der Waals surface area contributed by atoms with E-state index in [2.05, 4.69) is 4.90 Å². The summed E-state index contributed by atoms with van der Waals surface area (Å²) in [6, 6.07) is 7.30. The van der Waals surface area contributed by atoms with E-state index in [9.17, 15) is 8.42 Å². The van der Waals surface area contributed by atoms with E-state index in [1.54, 1.807) is 12.1 Å². The molecule has 0 bridgehead atoms. The summed E-state index contributed by atoms with van der Waals surface area (Å²) in [5.74, 6) is 0. The van der Waals surface area contributed by atoms with Crippen molar-refractivity contribution in [1.82, 2.24) is 9.21 Å². The third-order valence-electron chi connectivity index (χ3n) is 3.38. The molecule has 0 aliphatic carbocycles. The second-order valence-electron chi connectivity index (χ2n) is 4.86. The lowest BCUT2D eigenvalue weighted by Crippen LogP contribution is -2.47. The van der Waals surface area contributed by atoms with Crippen molar-refractivity contribution in [2.45, 2.75) is 6.54 Å². The zero-order valence-corrected chi connectivity index (χ0v) is 12.8. The maximum atomic E-state index is 11.4. The first-order valence-electron chi connectivity index (χ1n) is 6.26. The van der Waals surface area contributed by atoms with Gasteiger partial charge in [-0.05, 0) is 17.7 Å². The molecule has 0 amide bonds. The highest BCUT2D eigenvalue weighted by Crippen LogP contribution is 2.20. The number of sulfonamides is 1. The zero-order valence-electron chi connectivity index (χ0n) is 11.2. The molecule has 0 spiro atoms. The maximum absolute atomic E-state index is 11.4. The van der Waals surface area contributed by atoms with Crippen LogP contribution in [-0.4, -0.2) is 50.1 Å². The van der Waals surface area contributed by atoms with Crippen LogP contribution >= 0.6 is 11.6 Å². The monoisotopic (exact) mass is 313 g/mol. The first-order chi connectivity index (χ1) is 9.40. The molecule has 1 saturated heterocycles. The molecule has 0 unspecified atom stereocenters. The van der Waals surface area contributed by atoms with Gasteiger partial charge >= 0.3 is 0 Å². The molecule has 108 valence electrons. The van der Waals surface area contributed by atoms with Gasteiger partial charge in [0, 0.05) is 37.7 Å². The Balaban J connectivity index is 1.98. The third-order valence-corrected chi connectivity index (χ3v) is 5.03. The molecule has 0 radical (unpaired) electrons. The Morgan fingerprint density at radius 3 is 2.45 bits per heavy atom. The molecule has 1 aromatic carbocycles. The summed E-state index contributed by atoms with van der Waals surface area (Å²) in [5.41, 5.74) is 1.50. The summed E-state index contributed by atoms with van der Waals surface area (Å²) in [5, 5.41) is 9.38. The maximum Gasteiger partial charge on any atom is 0.211 e. The highest BCUT2D eigenvalue weighted by molar-refractivity contribution is 7.88. The molecule has 0 N–H and O–H groups in total. The van der Waals surface area contributed by atoms with Gasteiger partial charge in [-0.1, -0.05) is 17.7 Å². The van der Waals surface area contributed by atoms with Gasteiger partial charge in [0.25, 0.3) is 0 Å². The Kier molecular flexibility index (Phi) is 4.66. The van der Waals surface area contributed by atoms with Crippen molar-refractivity contribution in [3.63, 3.8) is 0 Å². The number of hydrogen-bond acceptors (Lipinski definition) is 4. The van der Waals surface area contributed by atoms with Gasteiger partial charge < -0.3 is 0 Å². The average Bonchev–Trinajstić information content (AvgIpc) is 2.40. The van der Waals surface area contributed by atoms with E-state index in [-0.39, 0.29) is 0 Å². The number of nitriles is 1. The molecule has 1 heterocycles. The number of benzene rings is 1. The van der Waals surface area contributed by atoms with Crippen molar-refractivity contribution in [3.8, 4) is 6.07 Å². The quantitative estimate of drug-likeness (QED) is 0.843. The number of nitrogens with zero attached hydrogens (tertiary/aromatic N) is 3. The minimum atomic E-state index is -3.09. The molecular formula is C13H16ClN3O2S. The van der Waals surface area contributed by atoms with Crippen LogP contribution < -0.4 is 0 Å². The SMILES string of the molecule is CS(=O)(=O)N1CCN(Cc2ccc(C#N)cc2Cl)CC1. The topological polar surface area (TPSA) is 64.4 Å². The molecule has 0 aromatic heterocycles. The average molecular weight is 314 g/mol. The van der Waals surface area contributed by atoms with E-state index >= 15 is 0 Å². The molecule has 1 fully saturated rings. The number of piperazine rings is 1. The van der Waals surface area contributed by atoms with Gasteiger partial charge in [-0.15, -0.1) is 0 Å². The van der Waals surface area contributed by atoms with Gasteiger partial charge in [0.05, 0.1) is 17.9 Å².